The van der Waals surface area contributed by atoms with Crippen molar-refractivity contribution in [1.29, 1.82) is 0 Å². The zero-order valence-electron chi connectivity index (χ0n) is 6.67. The molecule has 0 spiro atoms. The minimum atomic E-state index is 0.310. The third-order valence-corrected chi connectivity index (χ3v) is 1.68. The monoisotopic (exact) mass is 151 g/mol. The van der Waals surface area contributed by atoms with Gasteiger partial charge in [-0.1, -0.05) is 13.0 Å². The Hall–Kier alpha value is -1.02. The molecule has 1 aromatic carbocycles. The minimum Gasteiger partial charge on any atom is -0.508 e. The summed E-state index contributed by atoms with van der Waals surface area (Å²) < 4.78 is 0. The number of rotatable bonds is 2. The fraction of sp³-hybridized carbons (Fsp3) is 0.333. The quantitative estimate of drug-likeness (QED) is 0.671. The summed E-state index contributed by atoms with van der Waals surface area (Å²) in [5, 5.41) is 9.20. The number of phenols is 1. The highest BCUT2D eigenvalue weighted by Gasteiger charge is 1.96. The van der Waals surface area contributed by atoms with E-state index in [1.807, 2.05) is 6.07 Å². The van der Waals surface area contributed by atoms with E-state index in [1.54, 1.807) is 12.1 Å². The van der Waals surface area contributed by atoms with E-state index in [4.69, 9.17) is 5.73 Å². The van der Waals surface area contributed by atoms with Crippen molar-refractivity contribution >= 4 is 0 Å². The summed E-state index contributed by atoms with van der Waals surface area (Å²) in [6, 6.07) is 5.47. The van der Waals surface area contributed by atoms with Gasteiger partial charge < -0.3 is 10.8 Å². The Morgan fingerprint density at radius 2 is 1.91 bits per heavy atom. The van der Waals surface area contributed by atoms with Crippen molar-refractivity contribution in [2.24, 2.45) is 5.73 Å². The lowest BCUT2D eigenvalue weighted by molar-refractivity contribution is 0.474. The SMILES string of the molecule is CCc1cc(O)cc(CN)c1. The summed E-state index contributed by atoms with van der Waals surface area (Å²) >= 11 is 0. The van der Waals surface area contributed by atoms with Crippen LogP contribution in [0.3, 0.4) is 0 Å². The number of phenolic OH excluding ortho intramolecular Hbond substituents is 1. The molecule has 0 saturated heterocycles. The molecule has 0 fully saturated rings. The van der Waals surface area contributed by atoms with Crippen LogP contribution in [0.2, 0.25) is 0 Å². The van der Waals surface area contributed by atoms with Gasteiger partial charge >= 0.3 is 0 Å². The molecule has 0 aliphatic rings. The van der Waals surface area contributed by atoms with Gasteiger partial charge in [-0.15, -0.1) is 0 Å². The number of aryl methyl sites for hydroxylation is 1. The number of hydrogen-bond acceptors (Lipinski definition) is 2. The molecule has 0 heterocycles. The van der Waals surface area contributed by atoms with Crippen molar-refractivity contribution in [3.05, 3.63) is 29.3 Å². The summed E-state index contributed by atoms with van der Waals surface area (Å²) in [4.78, 5) is 0. The van der Waals surface area contributed by atoms with E-state index < -0.39 is 0 Å². The zero-order chi connectivity index (χ0) is 8.27. The van der Waals surface area contributed by atoms with Gasteiger partial charge in [-0.05, 0) is 29.7 Å². The average Bonchev–Trinajstić information content (AvgIpc) is 2.03. The first kappa shape index (κ1) is 8.08. The van der Waals surface area contributed by atoms with Gasteiger partial charge in [0.25, 0.3) is 0 Å². The van der Waals surface area contributed by atoms with Gasteiger partial charge in [0.1, 0.15) is 5.75 Å². The van der Waals surface area contributed by atoms with Crippen molar-refractivity contribution in [1.82, 2.24) is 0 Å². The largest absolute Gasteiger partial charge is 0.508 e. The molecule has 0 aliphatic heterocycles. The van der Waals surface area contributed by atoms with Crippen molar-refractivity contribution in [3.8, 4) is 5.75 Å². The van der Waals surface area contributed by atoms with E-state index in [9.17, 15) is 5.11 Å². The molecular weight excluding hydrogens is 138 g/mol. The molecule has 1 rings (SSSR count). The number of hydrogen-bond donors (Lipinski definition) is 2. The van der Waals surface area contributed by atoms with E-state index in [0.717, 1.165) is 17.5 Å². The molecule has 2 heteroatoms. The summed E-state index contributed by atoms with van der Waals surface area (Å²) in [5.74, 6) is 0.310. The molecule has 0 aromatic heterocycles. The minimum absolute atomic E-state index is 0.310. The predicted molar refractivity (Wildman–Crippen MR) is 45.4 cm³/mol. The fourth-order valence-electron chi connectivity index (χ4n) is 1.07. The van der Waals surface area contributed by atoms with Gasteiger partial charge in [-0.3, -0.25) is 0 Å². The molecule has 0 aliphatic carbocycles. The first-order valence-corrected chi connectivity index (χ1v) is 3.78. The third-order valence-electron chi connectivity index (χ3n) is 1.68. The maximum absolute atomic E-state index is 9.20. The van der Waals surface area contributed by atoms with Crippen LogP contribution in [0.25, 0.3) is 0 Å². The van der Waals surface area contributed by atoms with E-state index >= 15 is 0 Å². The first-order valence-electron chi connectivity index (χ1n) is 3.78. The predicted octanol–water partition coefficient (Wildman–Crippen LogP) is 1.41. The Kier molecular flexibility index (Phi) is 2.49. The summed E-state index contributed by atoms with van der Waals surface area (Å²) in [6.45, 7) is 2.54. The molecule has 0 atom stereocenters. The molecule has 0 saturated carbocycles. The molecular formula is C9H13NO. The van der Waals surface area contributed by atoms with Crippen LogP contribution >= 0.6 is 0 Å². The maximum Gasteiger partial charge on any atom is 0.116 e. The Labute approximate surface area is 66.7 Å². The number of aromatic hydroxyl groups is 1. The molecule has 11 heavy (non-hydrogen) atoms. The van der Waals surface area contributed by atoms with E-state index in [0.29, 0.717) is 12.3 Å². The van der Waals surface area contributed by atoms with Gasteiger partial charge in [0.15, 0.2) is 0 Å². The molecule has 0 amide bonds. The van der Waals surface area contributed by atoms with Crippen LogP contribution in [0.5, 0.6) is 5.75 Å². The van der Waals surface area contributed by atoms with Crippen LogP contribution < -0.4 is 5.73 Å². The van der Waals surface area contributed by atoms with Crippen LogP contribution in [0.15, 0.2) is 18.2 Å². The van der Waals surface area contributed by atoms with Crippen LogP contribution in [0, 0.1) is 0 Å². The maximum atomic E-state index is 9.20. The highest BCUT2D eigenvalue weighted by atomic mass is 16.3. The lowest BCUT2D eigenvalue weighted by atomic mass is 10.1. The van der Waals surface area contributed by atoms with Crippen molar-refractivity contribution < 1.29 is 5.11 Å². The van der Waals surface area contributed by atoms with E-state index in [2.05, 4.69) is 6.92 Å². The molecule has 2 nitrogen and oxygen atoms in total. The summed E-state index contributed by atoms with van der Waals surface area (Å²) in [7, 11) is 0. The van der Waals surface area contributed by atoms with Crippen molar-refractivity contribution in [2.75, 3.05) is 0 Å². The summed E-state index contributed by atoms with van der Waals surface area (Å²) in [5.41, 5.74) is 7.55. The van der Waals surface area contributed by atoms with Gasteiger partial charge in [-0.25, -0.2) is 0 Å². The Balaban J connectivity index is 3.02. The van der Waals surface area contributed by atoms with E-state index in [1.165, 1.54) is 0 Å². The Bertz CT molecular complexity index is 223. The highest BCUT2D eigenvalue weighted by molar-refractivity contribution is 5.33. The van der Waals surface area contributed by atoms with Gasteiger partial charge in [-0.2, -0.15) is 0 Å². The standard InChI is InChI=1S/C9H13NO/c1-2-7-3-8(6-10)5-9(11)4-7/h3-5,11H,2,6,10H2,1H3. The molecule has 60 valence electrons. The fourth-order valence-corrected chi connectivity index (χ4v) is 1.07. The zero-order valence-corrected chi connectivity index (χ0v) is 6.67. The van der Waals surface area contributed by atoms with Crippen LogP contribution in [-0.2, 0) is 13.0 Å². The lowest BCUT2D eigenvalue weighted by Gasteiger charge is -2.01. The van der Waals surface area contributed by atoms with Crippen molar-refractivity contribution in [3.63, 3.8) is 0 Å². The highest BCUT2D eigenvalue weighted by Crippen LogP contribution is 2.15. The molecule has 0 bridgehead atoms. The molecule has 1 aromatic rings. The average molecular weight is 151 g/mol. The van der Waals surface area contributed by atoms with Crippen molar-refractivity contribution in [2.45, 2.75) is 19.9 Å². The molecule has 3 N–H and O–H groups in total. The van der Waals surface area contributed by atoms with Crippen LogP contribution in [0.1, 0.15) is 18.1 Å². The van der Waals surface area contributed by atoms with Crippen LogP contribution in [0.4, 0.5) is 0 Å². The Morgan fingerprint density at radius 3 is 2.45 bits per heavy atom. The van der Waals surface area contributed by atoms with Gasteiger partial charge in [0.05, 0.1) is 0 Å². The normalized spacial score (nSPS) is 10.0. The van der Waals surface area contributed by atoms with Crippen LogP contribution in [-0.4, -0.2) is 5.11 Å². The van der Waals surface area contributed by atoms with E-state index in [-0.39, 0.29) is 0 Å². The van der Waals surface area contributed by atoms with Gasteiger partial charge in [0, 0.05) is 6.54 Å². The second-order valence-electron chi connectivity index (χ2n) is 2.57. The Morgan fingerprint density at radius 1 is 1.27 bits per heavy atom. The number of benzene rings is 1. The number of nitrogens with two attached hydrogens (primary N) is 1. The smallest absolute Gasteiger partial charge is 0.116 e. The molecule has 0 radical (unpaired) electrons. The lowest BCUT2D eigenvalue weighted by Crippen LogP contribution is -1.96. The first-order chi connectivity index (χ1) is 5.26. The topological polar surface area (TPSA) is 46.2 Å². The second-order valence-corrected chi connectivity index (χ2v) is 2.57. The summed E-state index contributed by atoms with van der Waals surface area (Å²) in [6.07, 6.45) is 0.932. The third kappa shape index (κ3) is 1.95. The molecule has 0 unspecified atom stereocenters. The second kappa shape index (κ2) is 3.39. The van der Waals surface area contributed by atoms with Gasteiger partial charge in [0.2, 0.25) is 0 Å².